The van der Waals surface area contributed by atoms with Crippen LogP contribution in [0.5, 0.6) is 0 Å². The molecule has 0 bridgehead atoms. The zero-order valence-corrected chi connectivity index (χ0v) is 26.9. The van der Waals surface area contributed by atoms with Crippen LogP contribution in [-0.4, -0.2) is 69.2 Å². The molecule has 0 spiro atoms. The predicted molar refractivity (Wildman–Crippen MR) is 169 cm³/mol. The molecule has 1 aromatic heterocycles. The monoisotopic (exact) mass is 627 g/mol. The smallest absolute Gasteiger partial charge is 0.410 e. The molecule has 3 atom stereocenters. The summed E-state index contributed by atoms with van der Waals surface area (Å²) < 4.78 is 12.7. The lowest BCUT2D eigenvalue weighted by atomic mass is 10.1. The van der Waals surface area contributed by atoms with E-state index in [1.54, 1.807) is 9.47 Å². The van der Waals surface area contributed by atoms with Gasteiger partial charge in [0.25, 0.3) is 0 Å². The summed E-state index contributed by atoms with van der Waals surface area (Å²) in [6.07, 6.45) is -0.907. The van der Waals surface area contributed by atoms with Crippen LogP contribution in [0, 0.1) is 6.92 Å². The van der Waals surface area contributed by atoms with Gasteiger partial charge in [-0.15, -0.1) is 11.8 Å². The van der Waals surface area contributed by atoms with Crippen molar-refractivity contribution in [3.8, 4) is 0 Å². The molecule has 0 saturated carbocycles. The SMILES string of the molecule is Cc1cc2c(N3C[C@@H](C)N(C(=O)OC(C)(C)C)[C@@H](C)C3)nc(=O)n3c2c(c1Cl)SC[C@@H](NC(=O)OCc1ccccc1)C3. The Morgan fingerprint density at radius 3 is 2.44 bits per heavy atom. The molecule has 0 radical (unpaired) electrons. The summed E-state index contributed by atoms with van der Waals surface area (Å²) in [5.74, 6) is 1.06. The van der Waals surface area contributed by atoms with Crippen molar-refractivity contribution in [2.45, 2.75) is 83.3 Å². The van der Waals surface area contributed by atoms with Crippen LogP contribution in [0.2, 0.25) is 5.02 Å². The third-order valence-corrected chi connectivity index (χ3v) is 9.36. The van der Waals surface area contributed by atoms with Gasteiger partial charge in [-0.25, -0.2) is 14.4 Å². The molecule has 2 aliphatic heterocycles. The van der Waals surface area contributed by atoms with Crippen LogP contribution in [0.3, 0.4) is 0 Å². The molecule has 230 valence electrons. The Bertz CT molecular complexity index is 1580. The molecule has 1 saturated heterocycles. The number of carbonyl (C=O) groups is 2. The van der Waals surface area contributed by atoms with Gasteiger partial charge in [-0.2, -0.15) is 4.98 Å². The van der Waals surface area contributed by atoms with Crippen LogP contribution in [0.4, 0.5) is 15.4 Å². The van der Waals surface area contributed by atoms with Crippen molar-refractivity contribution in [2.24, 2.45) is 0 Å². The first kappa shape index (κ1) is 31.0. The largest absolute Gasteiger partial charge is 0.445 e. The third-order valence-electron chi connectivity index (χ3n) is 7.51. The Labute approximate surface area is 260 Å². The number of piperazine rings is 1. The van der Waals surface area contributed by atoms with Crippen LogP contribution in [0.1, 0.15) is 45.7 Å². The molecule has 3 aromatic rings. The van der Waals surface area contributed by atoms with E-state index in [0.717, 1.165) is 21.4 Å². The van der Waals surface area contributed by atoms with Gasteiger partial charge in [-0.05, 0) is 58.7 Å². The van der Waals surface area contributed by atoms with E-state index in [2.05, 4.69) is 15.2 Å². The second-order valence-electron chi connectivity index (χ2n) is 12.3. The van der Waals surface area contributed by atoms with Crippen molar-refractivity contribution in [3.05, 3.63) is 63.0 Å². The minimum atomic E-state index is -0.599. The molecule has 2 aliphatic rings. The van der Waals surface area contributed by atoms with E-state index in [9.17, 15) is 14.4 Å². The number of rotatable bonds is 4. The average Bonchev–Trinajstić information content (AvgIpc) is 3.12. The normalized spacial score (nSPS) is 20.5. The molecule has 3 heterocycles. The maximum Gasteiger partial charge on any atom is 0.410 e. The van der Waals surface area contributed by atoms with Gasteiger partial charge in [-0.3, -0.25) is 9.47 Å². The molecule has 43 heavy (non-hydrogen) atoms. The van der Waals surface area contributed by atoms with Crippen molar-refractivity contribution in [3.63, 3.8) is 0 Å². The number of benzene rings is 2. The highest BCUT2D eigenvalue weighted by Gasteiger charge is 2.37. The molecule has 2 amide bonds. The average molecular weight is 628 g/mol. The molecule has 12 heteroatoms. The minimum absolute atomic E-state index is 0.149. The van der Waals surface area contributed by atoms with Gasteiger partial charge in [0, 0.05) is 30.8 Å². The zero-order chi connectivity index (χ0) is 31.1. The molecule has 5 rings (SSSR count). The van der Waals surface area contributed by atoms with Gasteiger partial charge in [0.2, 0.25) is 0 Å². The molecule has 0 aliphatic carbocycles. The molecule has 10 nitrogen and oxygen atoms in total. The van der Waals surface area contributed by atoms with Gasteiger partial charge < -0.3 is 19.7 Å². The number of aromatic nitrogens is 2. The minimum Gasteiger partial charge on any atom is -0.445 e. The first-order valence-electron chi connectivity index (χ1n) is 14.4. The topological polar surface area (TPSA) is 106 Å². The maximum absolute atomic E-state index is 13.6. The predicted octanol–water partition coefficient (Wildman–Crippen LogP) is 5.59. The Morgan fingerprint density at radius 1 is 1.12 bits per heavy atom. The quantitative estimate of drug-likeness (QED) is 0.399. The number of aryl methyl sites for hydroxylation is 1. The molecule has 0 unspecified atom stereocenters. The van der Waals surface area contributed by atoms with E-state index in [1.807, 2.05) is 77.9 Å². The number of hydrogen-bond donors (Lipinski definition) is 1. The fourth-order valence-electron chi connectivity index (χ4n) is 5.69. The van der Waals surface area contributed by atoms with Gasteiger partial charge >= 0.3 is 17.9 Å². The number of anilines is 1. The van der Waals surface area contributed by atoms with Crippen molar-refractivity contribution >= 4 is 52.3 Å². The summed E-state index contributed by atoms with van der Waals surface area (Å²) in [6, 6.07) is 10.7. The fourth-order valence-corrected chi connectivity index (χ4v) is 7.20. The lowest BCUT2D eigenvalue weighted by Gasteiger charge is -2.45. The Morgan fingerprint density at radius 2 is 1.79 bits per heavy atom. The fraction of sp³-hybridized carbons (Fsp3) is 0.484. The van der Waals surface area contributed by atoms with Crippen LogP contribution >= 0.6 is 23.4 Å². The number of ether oxygens (including phenoxy) is 2. The highest BCUT2D eigenvalue weighted by molar-refractivity contribution is 7.99. The van der Waals surface area contributed by atoms with E-state index in [4.69, 9.17) is 21.1 Å². The first-order valence-corrected chi connectivity index (χ1v) is 15.8. The summed E-state index contributed by atoms with van der Waals surface area (Å²) >= 11 is 8.33. The van der Waals surface area contributed by atoms with E-state index in [-0.39, 0.29) is 37.4 Å². The van der Waals surface area contributed by atoms with Crippen molar-refractivity contribution < 1.29 is 19.1 Å². The third kappa shape index (κ3) is 6.72. The Hall–Kier alpha value is -3.44. The number of halogens is 1. The number of nitrogens with one attached hydrogen (secondary N) is 1. The second-order valence-corrected chi connectivity index (χ2v) is 13.7. The summed E-state index contributed by atoms with van der Waals surface area (Å²) in [5.41, 5.74) is 1.43. The lowest BCUT2D eigenvalue weighted by Crippen LogP contribution is -2.59. The second kappa shape index (κ2) is 12.3. The van der Waals surface area contributed by atoms with Crippen LogP contribution < -0.4 is 15.9 Å². The number of alkyl carbamates (subject to hydrolysis) is 1. The van der Waals surface area contributed by atoms with Gasteiger partial charge in [0.05, 0.1) is 33.6 Å². The molecule has 1 fully saturated rings. The Kier molecular flexibility index (Phi) is 8.85. The van der Waals surface area contributed by atoms with Crippen LogP contribution in [-0.2, 0) is 22.6 Å². The standard InChI is InChI=1S/C31H38ClN5O5S/c1-18-12-23-25-26(24(18)32)43-17-22(33-29(39)41-16-21-10-8-7-9-11-21)15-36(25)28(38)34-27(23)35-13-19(2)37(20(3)14-35)30(40)42-31(4,5)6/h7-12,19-20,22H,13-17H2,1-6H3,(H,33,39)/t19-,20+,22-/m0/s1. The van der Waals surface area contributed by atoms with Crippen molar-refractivity contribution in [1.82, 2.24) is 19.8 Å². The van der Waals surface area contributed by atoms with Crippen LogP contribution in [0.15, 0.2) is 46.1 Å². The number of nitrogens with zero attached hydrogens (tertiary/aromatic N) is 4. The van der Waals surface area contributed by atoms with Gasteiger partial charge in [0.15, 0.2) is 0 Å². The van der Waals surface area contributed by atoms with E-state index < -0.39 is 17.4 Å². The van der Waals surface area contributed by atoms with Crippen molar-refractivity contribution in [1.29, 1.82) is 0 Å². The van der Waals surface area contributed by atoms with E-state index in [1.165, 1.54) is 11.8 Å². The molecular weight excluding hydrogens is 590 g/mol. The Balaban J connectivity index is 1.42. The summed E-state index contributed by atoms with van der Waals surface area (Å²) in [6.45, 7) is 12.8. The van der Waals surface area contributed by atoms with Gasteiger partial charge in [-0.1, -0.05) is 41.9 Å². The molecular formula is C31H38ClN5O5S. The highest BCUT2D eigenvalue weighted by Crippen LogP contribution is 2.41. The highest BCUT2D eigenvalue weighted by atomic mass is 35.5. The van der Waals surface area contributed by atoms with E-state index in [0.29, 0.717) is 35.2 Å². The van der Waals surface area contributed by atoms with E-state index >= 15 is 0 Å². The maximum atomic E-state index is 13.6. The molecule has 1 N–H and O–H groups in total. The number of carbonyl (C=O) groups excluding carboxylic acids is 2. The first-order chi connectivity index (χ1) is 20.3. The summed E-state index contributed by atoms with van der Waals surface area (Å²) in [4.78, 5) is 48.5. The van der Waals surface area contributed by atoms with Crippen LogP contribution in [0.25, 0.3) is 10.9 Å². The number of hydrogen-bond acceptors (Lipinski definition) is 8. The zero-order valence-electron chi connectivity index (χ0n) is 25.3. The number of thioether (sulfide) groups is 1. The summed E-state index contributed by atoms with van der Waals surface area (Å²) in [7, 11) is 0. The lowest BCUT2D eigenvalue weighted by molar-refractivity contribution is 0.00561. The molecule has 2 aromatic carbocycles. The van der Waals surface area contributed by atoms with Gasteiger partial charge in [0.1, 0.15) is 18.0 Å². The number of amides is 2. The summed E-state index contributed by atoms with van der Waals surface area (Å²) in [5, 5.41) is 4.30. The van der Waals surface area contributed by atoms with Crippen molar-refractivity contribution in [2.75, 3.05) is 23.7 Å².